The van der Waals surface area contributed by atoms with Gasteiger partial charge in [0.25, 0.3) is 0 Å². The van der Waals surface area contributed by atoms with Crippen molar-refractivity contribution < 1.29 is 9.53 Å². The van der Waals surface area contributed by atoms with E-state index in [4.69, 9.17) is 4.43 Å². The third-order valence-electron chi connectivity index (χ3n) is 5.78. The Morgan fingerprint density at radius 1 is 1.11 bits per heavy atom. The Morgan fingerprint density at radius 2 is 1.67 bits per heavy atom. The molecule has 0 amide bonds. The lowest BCUT2D eigenvalue weighted by molar-refractivity contribution is -0.0237. The number of aliphatic hydroxyl groups is 1. The van der Waals surface area contributed by atoms with Crippen molar-refractivity contribution in [3.63, 3.8) is 0 Å². The zero-order valence-corrected chi connectivity index (χ0v) is 13.8. The number of rotatable bonds is 2. The molecule has 0 aromatic heterocycles. The van der Waals surface area contributed by atoms with Crippen LogP contribution < -0.4 is 0 Å². The first-order chi connectivity index (χ1) is 8.19. The van der Waals surface area contributed by atoms with E-state index in [0.29, 0.717) is 6.10 Å². The summed E-state index contributed by atoms with van der Waals surface area (Å²) in [7, 11) is -1.70. The van der Waals surface area contributed by atoms with Gasteiger partial charge in [0.15, 0.2) is 8.32 Å². The Hall–Kier alpha value is 0.137. The lowest BCUT2D eigenvalue weighted by Gasteiger charge is -2.44. The largest absolute Gasteiger partial charge is 0.413 e. The highest BCUT2D eigenvalue weighted by molar-refractivity contribution is 6.74. The van der Waals surface area contributed by atoms with Crippen molar-refractivity contribution in [1.29, 1.82) is 0 Å². The summed E-state index contributed by atoms with van der Waals surface area (Å²) in [5, 5.41) is 10.6. The second-order valence-electron chi connectivity index (χ2n) is 7.90. The van der Waals surface area contributed by atoms with Crippen molar-refractivity contribution >= 4 is 8.32 Å². The van der Waals surface area contributed by atoms with Gasteiger partial charge >= 0.3 is 0 Å². The predicted octanol–water partition coefficient (Wildman–Crippen LogP) is 4.09. The lowest BCUT2D eigenvalue weighted by Crippen LogP contribution is -2.49. The Labute approximate surface area is 113 Å². The van der Waals surface area contributed by atoms with E-state index in [1.54, 1.807) is 0 Å². The maximum atomic E-state index is 10.4. The van der Waals surface area contributed by atoms with Crippen LogP contribution >= 0.6 is 0 Å². The quantitative estimate of drug-likeness (QED) is 0.766. The highest BCUT2D eigenvalue weighted by Crippen LogP contribution is 2.53. The molecule has 2 nitrogen and oxygen atoms in total. The Kier molecular flexibility index (Phi) is 3.72. The van der Waals surface area contributed by atoms with Gasteiger partial charge < -0.3 is 9.53 Å². The van der Waals surface area contributed by atoms with E-state index >= 15 is 0 Å². The molecular weight excluding hydrogens is 240 g/mol. The van der Waals surface area contributed by atoms with Crippen molar-refractivity contribution in [3.05, 3.63) is 0 Å². The molecule has 1 spiro atoms. The van der Waals surface area contributed by atoms with Gasteiger partial charge in [-0.05, 0) is 43.8 Å². The van der Waals surface area contributed by atoms with Gasteiger partial charge in [0.2, 0.25) is 0 Å². The standard InChI is InChI=1S/C15H30O2Si/c1-14(2,3)18(4,5)17-13-9-7-11-15(13)10-6-8-12(15)16/h12-13,16H,6-11H2,1-5H3/t12-,13-,15+/m1/s1. The molecule has 2 aliphatic rings. The van der Waals surface area contributed by atoms with Crippen molar-refractivity contribution in [2.24, 2.45) is 5.41 Å². The molecule has 2 saturated carbocycles. The average Bonchev–Trinajstić information content (AvgIpc) is 2.76. The van der Waals surface area contributed by atoms with Crippen LogP contribution in [-0.2, 0) is 4.43 Å². The van der Waals surface area contributed by atoms with E-state index in [1.807, 2.05) is 0 Å². The molecule has 0 unspecified atom stereocenters. The van der Waals surface area contributed by atoms with Crippen LogP contribution in [0.25, 0.3) is 0 Å². The number of hydrogen-bond donors (Lipinski definition) is 1. The molecule has 18 heavy (non-hydrogen) atoms. The van der Waals surface area contributed by atoms with Gasteiger partial charge in [0, 0.05) is 5.41 Å². The van der Waals surface area contributed by atoms with Gasteiger partial charge in [-0.3, -0.25) is 0 Å². The second-order valence-corrected chi connectivity index (χ2v) is 12.7. The van der Waals surface area contributed by atoms with E-state index in [0.717, 1.165) is 12.8 Å². The molecule has 0 aromatic carbocycles. The fraction of sp³-hybridized carbons (Fsp3) is 1.00. The third kappa shape index (κ3) is 2.30. The zero-order valence-electron chi connectivity index (χ0n) is 12.8. The van der Waals surface area contributed by atoms with Gasteiger partial charge in [-0.1, -0.05) is 33.6 Å². The van der Waals surface area contributed by atoms with Crippen molar-refractivity contribution in [2.45, 2.75) is 89.6 Å². The van der Waals surface area contributed by atoms with E-state index in [2.05, 4.69) is 33.9 Å². The fourth-order valence-electron chi connectivity index (χ4n) is 3.52. The molecule has 3 heteroatoms. The lowest BCUT2D eigenvalue weighted by atomic mass is 9.80. The third-order valence-corrected chi connectivity index (χ3v) is 10.3. The van der Waals surface area contributed by atoms with Crippen LogP contribution in [0.5, 0.6) is 0 Å². The summed E-state index contributed by atoms with van der Waals surface area (Å²) >= 11 is 0. The predicted molar refractivity (Wildman–Crippen MR) is 78.2 cm³/mol. The average molecular weight is 270 g/mol. The molecule has 0 saturated heterocycles. The SMILES string of the molecule is CC(C)(C)[Si](C)(C)O[C@@H]1CCC[C@]12CCC[C@H]2O. The van der Waals surface area contributed by atoms with Gasteiger partial charge in [-0.25, -0.2) is 0 Å². The van der Waals surface area contributed by atoms with Crippen LogP contribution in [0.3, 0.4) is 0 Å². The Morgan fingerprint density at radius 3 is 2.17 bits per heavy atom. The minimum Gasteiger partial charge on any atom is -0.413 e. The maximum absolute atomic E-state index is 10.4. The van der Waals surface area contributed by atoms with Gasteiger partial charge in [-0.2, -0.15) is 0 Å². The summed E-state index contributed by atoms with van der Waals surface area (Å²) in [6, 6.07) is 0. The number of hydrogen-bond acceptors (Lipinski definition) is 2. The summed E-state index contributed by atoms with van der Waals surface area (Å²) in [6.45, 7) is 11.6. The van der Waals surface area contributed by atoms with Gasteiger partial charge in [-0.15, -0.1) is 0 Å². The molecule has 0 heterocycles. The van der Waals surface area contributed by atoms with Crippen molar-refractivity contribution in [1.82, 2.24) is 0 Å². The van der Waals surface area contributed by atoms with E-state index < -0.39 is 8.32 Å². The van der Waals surface area contributed by atoms with Crippen LogP contribution in [0.15, 0.2) is 0 Å². The summed E-state index contributed by atoms with van der Waals surface area (Å²) in [4.78, 5) is 0. The minimum absolute atomic E-state index is 0.107. The van der Waals surface area contributed by atoms with Crippen LogP contribution in [0.2, 0.25) is 18.1 Å². The highest BCUT2D eigenvalue weighted by atomic mass is 28.4. The van der Waals surface area contributed by atoms with Crippen molar-refractivity contribution in [3.8, 4) is 0 Å². The normalized spacial score (nSPS) is 37.7. The molecule has 1 N–H and O–H groups in total. The van der Waals surface area contributed by atoms with E-state index in [1.165, 1.54) is 25.7 Å². The van der Waals surface area contributed by atoms with Crippen LogP contribution in [0.1, 0.15) is 59.3 Å². The summed E-state index contributed by atoms with van der Waals surface area (Å²) < 4.78 is 6.65. The smallest absolute Gasteiger partial charge is 0.192 e. The molecule has 2 rings (SSSR count). The molecule has 2 aliphatic carbocycles. The Balaban J connectivity index is 2.14. The summed E-state index contributed by atoms with van der Waals surface area (Å²) in [5.41, 5.74) is 0.107. The molecule has 0 radical (unpaired) electrons. The molecule has 2 fully saturated rings. The molecule has 0 aromatic rings. The van der Waals surface area contributed by atoms with Crippen LogP contribution in [0, 0.1) is 5.41 Å². The Bertz CT molecular complexity index is 304. The zero-order chi connectivity index (χ0) is 13.6. The topological polar surface area (TPSA) is 29.5 Å². The molecule has 3 atom stereocenters. The molecule has 0 aliphatic heterocycles. The number of aliphatic hydroxyl groups excluding tert-OH is 1. The monoisotopic (exact) mass is 270 g/mol. The first-order valence-corrected chi connectivity index (χ1v) is 10.5. The summed E-state index contributed by atoms with van der Waals surface area (Å²) in [5.74, 6) is 0. The molecular formula is C15H30O2Si. The maximum Gasteiger partial charge on any atom is 0.192 e. The highest BCUT2D eigenvalue weighted by Gasteiger charge is 2.53. The second kappa shape index (κ2) is 4.60. The summed E-state index contributed by atoms with van der Waals surface area (Å²) in [6.07, 6.45) is 7.10. The first-order valence-electron chi connectivity index (χ1n) is 7.55. The van der Waals surface area contributed by atoms with Gasteiger partial charge in [0.05, 0.1) is 12.2 Å². The van der Waals surface area contributed by atoms with Gasteiger partial charge in [0.1, 0.15) is 0 Å². The van der Waals surface area contributed by atoms with Crippen LogP contribution in [0.4, 0.5) is 0 Å². The molecule has 106 valence electrons. The van der Waals surface area contributed by atoms with E-state index in [-0.39, 0.29) is 16.6 Å². The molecule has 0 bridgehead atoms. The minimum atomic E-state index is -1.70. The van der Waals surface area contributed by atoms with Crippen molar-refractivity contribution in [2.75, 3.05) is 0 Å². The first kappa shape index (κ1) is 14.5. The van der Waals surface area contributed by atoms with E-state index in [9.17, 15) is 5.11 Å². The fourth-order valence-corrected chi connectivity index (χ4v) is 4.94. The van der Waals surface area contributed by atoms with Crippen LogP contribution in [-0.4, -0.2) is 25.6 Å².